The summed E-state index contributed by atoms with van der Waals surface area (Å²) >= 11 is 0. The molecule has 1 aromatic rings. The molecule has 0 radical (unpaired) electrons. The molecule has 0 bridgehead atoms. The molecule has 2 atom stereocenters. The standard InChI is InChI=1S/C21H26O4/c1-12-6-13(2)20(14(3)7-12)21-17(10-19(23)24)8-16(9-18(21)22)15-4-5-25-11-15/h6-7,15-16H,4-5,8-11H2,1-3H3,(H,23,24). The Kier molecular flexibility index (Phi) is 5.09. The predicted molar refractivity (Wildman–Crippen MR) is 96.5 cm³/mol. The number of carbonyl (C=O) groups excluding carboxylic acids is 1. The van der Waals surface area contributed by atoms with Gasteiger partial charge < -0.3 is 9.84 Å². The van der Waals surface area contributed by atoms with Crippen LogP contribution in [-0.4, -0.2) is 30.1 Å². The number of aryl methyl sites for hydroxylation is 3. The summed E-state index contributed by atoms with van der Waals surface area (Å²) in [7, 11) is 0. The Morgan fingerprint density at radius 3 is 2.40 bits per heavy atom. The Morgan fingerprint density at radius 1 is 1.16 bits per heavy atom. The van der Waals surface area contributed by atoms with Crippen LogP contribution in [-0.2, 0) is 14.3 Å². The van der Waals surface area contributed by atoms with Gasteiger partial charge in [0.15, 0.2) is 5.78 Å². The molecule has 0 saturated carbocycles. The molecule has 1 heterocycles. The lowest BCUT2D eigenvalue weighted by atomic mass is 9.72. The number of aliphatic carboxylic acids is 1. The number of carboxylic acid groups (broad SMARTS) is 1. The Hall–Kier alpha value is -1.94. The average molecular weight is 342 g/mol. The van der Waals surface area contributed by atoms with E-state index in [9.17, 15) is 14.7 Å². The lowest BCUT2D eigenvalue weighted by Crippen LogP contribution is -2.26. The van der Waals surface area contributed by atoms with Crippen molar-refractivity contribution in [2.75, 3.05) is 13.2 Å². The first kappa shape index (κ1) is 17.9. The summed E-state index contributed by atoms with van der Waals surface area (Å²) in [5, 5.41) is 9.38. The summed E-state index contributed by atoms with van der Waals surface area (Å²) in [4.78, 5) is 24.5. The second-order valence-corrected chi connectivity index (χ2v) is 7.54. The molecular formula is C21H26O4. The molecule has 1 aromatic carbocycles. The van der Waals surface area contributed by atoms with Crippen LogP contribution in [0.2, 0.25) is 0 Å². The van der Waals surface area contributed by atoms with Gasteiger partial charge in [-0.15, -0.1) is 0 Å². The normalized spacial score (nSPS) is 24.0. The van der Waals surface area contributed by atoms with Gasteiger partial charge in [-0.3, -0.25) is 9.59 Å². The Morgan fingerprint density at radius 2 is 1.84 bits per heavy atom. The van der Waals surface area contributed by atoms with E-state index in [0.29, 0.717) is 30.9 Å². The number of carboxylic acids is 1. The summed E-state index contributed by atoms with van der Waals surface area (Å²) in [6, 6.07) is 4.13. The highest BCUT2D eigenvalue weighted by Gasteiger charge is 2.35. The monoisotopic (exact) mass is 342 g/mol. The van der Waals surface area contributed by atoms with Crippen LogP contribution < -0.4 is 0 Å². The number of ketones is 1. The van der Waals surface area contributed by atoms with E-state index in [1.807, 2.05) is 20.8 Å². The first-order valence-electron chi connectivity index (χ1n) is 8.99. The number of rotatable bonds is 4. The lowest BCUT2D eigenvalue weighted by Gasteiger charge is -2.30. The summed E-state index contributed by atoms with van der Waals surface area (Å²) in [6.07, 6.45) is 2.10. The van der Waals surface area contributed by atoms with E-state index in [4.69, 9.17) is 4.74 Å². The van der Waals surface area contributed by atoms with E-state index in [2.05, 4.69) is 12.1 Å². The van der Waals surface area contributed by atoms with E-state index in [1.54, 1.807) is 0 Å². The van der Waals surface area contributed by atoms with Gasteiger partial charge in [0.05, 0.1) is 6.42 Å². The van der Waals surface area contributed by atoms with Crippen LogP contribution >= 0.6 is 0 Å². The van der Waals surface area contributed by atoms with Crippen molar-refractivity contribution in [2.45, 2.75) is 46.5 Å². The molecule has 0 amide bonds. The van der Waals surface area contributed by atoms with Crippen LogP contribution in [0, 0.1) is 32.6 Å². The molecule has 4 heteroatoms. The first-order valence-corrected chi connectivity index (χ1v) is 8.99. The first-order chi connectivity index (χ1) is 11.9. The van der Waals surface area contributed by atoms with Gasteiger partial charge in [0.25, 0.3) is 0 Å². The van der Waals surface area contributed by atoms with Crippen LogP contribution in [0.4, 0.5) is 0 Å². The molecule has 1 aliphatic heterocycles. The fraction of sp³-hybridized carbons (Fsp3) is 0.524. The van der Waals surface area contributed by atoms with Crippen molar-refractivity contribution in [3.63, 3.8) is 0 Å². The zero-order chi connectivity index (χ0) is 18.1. The fourth-order valence-electron chi connectivity index (χ4n) is 4.52. The maximum Gasteiger partial charge on any atom is 0.307 e. The second kappa shape index (κ2) is 7.12. The van der Waals surface area contributed by atoms with Crippen LogP contribution in [0.15, 0.2) is 17.7 Å². The van der Waals surface area contributed by atoms with Crippen LogP contribution in [0.3, 0.4) is 0 Å². The molecule has 1 saturated heterocycles. The van der Waals surface area contributed by atoms with Crippen LogP contribution in [0.25, 0.3) is 5.57 Å². The Bertz CT molecular complexity index is 715. The van der Waals surface area contributed by atoms with E-state index >= 15 is 0 Å². The minimum Gasteiger partial charge on any atom is -0.481 e. The molecule has 1 fully saturated rings. The maximum atomic E-state index is 13.1. The fourth-order valence-corrected chi connectivity index (χ4v) is 4.52. The summed E-state index contributed by atoms with van der Waals surface area (Å²) in [5.74, 6) is -0.200. The van der Waals surface area contributed by atoms with E-state index < -0.39 is 5.97 Å². The minimum atomic E-state index is -0.869. The highest BCUT2D eigenvalue weighted by Crippen LogP contribution is 2.41. The molecule has 2 unspecified atom stereocenters. The van der Waals surface area contributed by atoms with Gasteiger partial charge in [0.1, 0.15) is 0 Å². The Balaban J connectivity index is 2.06. The number of hydrogen-bond acceptors (Lipinski definition) is 3. The molecule has 2 aliphatic rings. The SMILES string of the molecule is Cc1cc(C)c(C2=C(CC(=O)O)CC(C3CCOC3)CC2=O)c(C)c1. The third kappa shape index (κ3) is 3.69. The molecule has 3 rings (SSSR count). The number of hydrogen-bond donors (Lipinski definition) is 1. The summed E-state index contributed by atoms with van der Waals surface area (Å²) < 4.78 is 5.48. The van der Waals surface area contributed by atoms with Crippen molar-refractivity contribution in [1.82, 2.24) is 0 Å². The van der Waals surface area contributed by atoms with Gasteiger partial charge in [-0.1, -0.05) is 17.7 Å². The number of benzene rings is 1. The third-order valence-corrected chi connectivity index (χ3v) is 5.51. The highest BCUT2D eigenvalue weighted by molar-refractivity contribution is 6.23. The topological polar surface area (TPSA) is 63.6 Å². The predicted octanol–water partition coefficient (Wildman–Crippen LogP) is 3.86. The van der Waals surface area contributed by atoms with Gasteiger partial charge >= 0.3 is 5.97 Å². The molecule has 0 aromatic heterocycles. The lowest BCUT2D eigenvalue weighted by molar-refractivity contribution is -0.136. The second-order valence-electron chi connectivity index (χ2n) is 7.54. The van der Waals surface area contributed by atoms with E-state index in [1.165, 1.54) is 0 Å². The molecule has 134 valence electrons. The zero-order valence-electron chi connectivity index (χ0n) is 15.2. The minimum absolute atomic E-state index is 0.0576. The van der Waals surface area contributed by atoms with Gasteiger partial charge in [0, 0.05) is 25.2 Å². The summed E-state index contributed by atoms with van der Waals surface area (Å²) in [6.45, 7) is 7.48. The van der Waals surface area contributed by atoms with Crippen molar-refractivity contribution in [3.8, 4) is 0 Å². The van der Waals surface area contributed by atoms with Gasteiger partial charge in [-0.05, 0) is 67.7 Å². The number of carbonyl (C=O) groups is 2. The van der Waals surface area contributed by atoms with Crippen molar-refractivity contribution in [2.24, 2.45) is 11.8 Å². The quantitative estimate of drug-likeness (QED) is 0.902. The van der Waals surface area contributed by atoms with Crippen LogP contribution in [0.5, 0.6) is 0 Å². The van der Waals surface area contributed by atoms with Crippen molar-refractivity contribution >= 4 is 17.3 Å². The largest absolute Gasteiger partial charge is 0.481 e. The van der Waals surface area contributed by atoms with Gasteiger partial charge in [-0.2, -0.15) is 0 Å². The van der Waals surface area contributed by atoms with E-state index in [0.717, 1.165) is 40.9 Å². The number of Topliss-reactive ketones (excluding diaryl/α,β-unsaturated/α-hetero) is 1. The van der Waals surface area contributed by atoms with E-state index in [-0.39, 0.29) is 18.1 Å². The molecule has 4 nitrogen and oxygen atoms in total. The van der Waals surface area contributed by atoms with Crippen molar-refractivity contribution < 1.29 is 19.4 Å². The smallest absolute Gasteiger partial charge is 0.307 e. The highest BCUT2D eigenvalue weighted by atomic mass is 16.5. The molecule has 1 aliphatic carbocycles. The average Bonchev–Trinajstić information content (AvgIpc) is 3.02. The van der Waals surface area contributed by atoms with Crippen molar-refractivity contribution in [1.29, 1.82) is 0 Å². The van der Waals surface area contributed by atoms with Crippen molar-refractivity contribution in [3.05, 3.63) is 40.0 Å². The van der Waals surface area contributed by atoms with Crippen LogP contribution in [0.1, 0.15) is 47.9 Å². The number of allylic oxidation sites excluding steroid dienone is 1. The van der Waals surface area contributed by atoms with Gasteiger partial charge in [-0.25, -0.2) is 0 Å². The molecular weight excluding hydrogens is 316 g/mol. The Labute approximate surface area is 148 Å². The maximum absolute atomic E-state index is 13.1. The third-order valence-electron chi connectivity index (χ3n) is 5.51. The molecule has 0 spiro atoms. The zero-order valence-corrected chi connectivity index (χ0v) is 15.2. The number of ether oxygens (including phenoxy) is 1. The summed E-state index contributed by atoms with van der Waals surface area (Å²) in [5.41, 5.74) is 5.64. The molecule has 1 N–H and O–H groups in total. The van der Waals surface area contributed by atoms with Gasteiger partial charge in [0.2, 0.25) is 0 Å². The molecule has 25 heavy (non-hydrogen) atoms.